The summed E-state index contributed by atoms with van der Waals surface area (Å²) in [6, 6.07) is 21.6. The van der Waals surface area contributed by atoms with Crippen molar-refractivity contribution in [3.63, 3.8) is 0 Å². The molecule has 1 aliphatic heterocycles. The Kier molecular flexibility index (Phi) is 10.9. The molecule has 1 fully saturated rings. The standard InChI is InChI=1S/C31H33NO8S/c33-18-20-9-11-21(12-10-20)26-17-24(19-41-27-6-2-1-5-25(27)30(37)38)39-31(40-26)22-13-15-23(16-14-22)32-28(34)7-3-4-8-29(35)36/h1-2,5-6,9-16,24,26,31,33H,3-4,7-8,17-19H2,(H,32,34)(H,35,36)(H,37,38). The van der Waals surface area contributed by atoms with E-state index in [2.05, 4.69) is 5.32 Å². The number of unbranched alkanes of at least 4 members (excludes halogenated alkanes) is 1. The number of hydrogen-bond acceptors (Lipinski definition) is 7. The molecule has 0 bridgehead atoms. The van der Waals surface area contributed by atoms with E-state index in [0.717, 1.165) is 16.7 Å². The molecule has 1 saturated heterocycles. The number of carboxylic acid groups (broad SMARTS) is 2. The van der Waals surface area contributed by atoms with Gasteiger partial charge in [0.2, 0.25) is 5.91 Å². The fraction of sp³-hybridized carbons (Fsp3) is 0.323. The Labute approximate surface area is 242 Å². The predicted octanol–water partition coefficient (Wildman–Crippen LogP) is 5.80. The van der Waals surface area contributed by atoms with Crippen molar-refractivity contribution in [2.24, 2.45) is 0 Å². The minimum Gasteiger partial charge on any atom is -0.481 e. The summed E-state index contributed by atoms with van der Waals surface area (Å²) >= 11 is 1.43. The quantitative estimate of drug-likeness (QED) is 0.146. The van der Waals surface area contributed by atoms with E-state index < -0.39 is 18.2 Å². The molecular formula is C31H33NO8S. The maximum Gasteiger partial charge on any atom is 0.336 e. The summed E-state index contributed by atoms with van der Waals surface area (Å²) in [5, 5.41) is 30.5. The third-order valence-corrected chi connectivity index (χ3v) is 7.87. The lowest BCUT2D eigenvalue weighted by Crippen LogP contribution is -2.31. The highest BCUT2D eigenvalue weighted by Gasteiger charge is 2.32. The zero-order chi connectivity index (χ0) is 29.2. The van der Waals surface area contributed by atoms with E-state index in [0.29, 0.717) is 35.6 Å². The maximum absolute atomic E-state index is 12.2. The number of carboxylic acids is 2. The molecule has 9 nitrogen and oxygen atoms in total. The molecule has 216 valence electrons. The second-order valence-corrected chi connectivity index (χ2v) is 10.8. The van der Waals surface area contributed by atoms with Crippen molar-refractivity contribution in [3.8, 4) is 0 Å². The number of rotatable bonds is 13. The average molecular weight is 580 g/mol. The van der Waals surface area contributed by atoms with Crippen LogP contribution in [-0.4, -0.2) is 45.0 Å². The molecule has 1 amide bonds. The number of aliphatic hydroxyl groups is 1. The van der Waals surface area contributed by atoms with Gasteiger partial charge in [-0.25, -0.2) is 4.79 Å². The van der Waals surface area contributed by atoms with Gasteiger partial charge >= 0.3 is 11.9 Å². The number of benzene rings is 3. The van der Waals surface area contributed by atoms with Crippen LogP contribution in [0.4, 0.5) is 5.69 Å². The van der Waals surface area contributed by atoms with Crippen LogP contribution in [0.25, 0.3) is 0 Å². The molecule has 3 atom stereocenters. The topological polar surface area (TPSA) is 142 Å². The molecule has 0 aliphatic carbocycles. The van der Waals surface area contributed by atoms with Gasteiger partial charge in [0.05, 0.1) is 24.4 Å². The largest absolute Gasteiger partial charge is 0.481 e. The molecule has 0 aromatic heterocycles. The first-order chi connectivity index (χ1) is 19.8. The first-order valence-corrected chi connectivity index (χ1v) is 14.4. The zero-order valence-electron chi connectivity index (χ0n) is 22.4. The Hall–Kier alpha value is -3.70. The second kappa shape index (κ2) is 14.8. The van der Waals surface area contributed by atoms with Gasteiger partial charge < -0.3 is 30.1 Å². The van der Waals surface area contributed by atoms with Gasteiger partial charge in [0.1, 0.15) is 0 Å². The molecule has 4 rings (SSSR count). The monoisotopic (exact) mass is 579 g/mol. The van der Waals surface area contributed by atoms with Crippen LogP contribution in [0.15, 0.2) is 77.7 Å². The van der Waals surface area contributed by atoms with Crippen molar-refractivity contribution < 1.29 is 39.2 Å². The number of nitrogens with one attached hydrogen (secondary N) is 1. The van der Waals surface area contributed by atoms with Crippen LogP contribution in [-0.2, 0) is 25.7 Å². The smallest absolute Gasteiger partial charge is 0.336 e. The Balaban J connectivity index is 1.45. The van der Waals surface area contributed by atoms with Gasteiger partial charge in [0.25, 0.3) is 0 Å². The van der Waals surface area contributed by atoms with E-state index in [4.69, 9.17) is 14.6 Å². The summed E-state index contributed by atoms with van der Waals surface area (Å²) in [6.45, 7) is -0.0506. The highest BCUT2D eigenvalue weighted by molar-refractivity contribution is 7.99. The number of aliphatic carboxylic acids is 1. The number of ether oxygens (including phenoxy) is 2. The van der Waals surface area contributed by atoms with Gasteiger partial charge in [-0.1, -0.05) is 48.5 Å². The van der Waals surface area contributed by atoms with Gasteiger partial charge in [0.15, 0.2) is 6.29 Å². The number of thioether (sulfide) groups is 1. The molecule has 4 N–H and O–H groups in total. The average Bonchev–Trinajstić information content (AvgIpc) is 2.98. The summed E-state index contributed by atoms with van der Waals surface area (Å²) in [5.41, 5.74) is 3.37. The van der Waals surface area contributed by atoms with Crippen LogP contribution in [0.3, 0.4) is 0 Å². The number of aliphatic hydroxyl groups excluding tert-OH is 1. The third-order valence-electron chi connectivity index (χ3n) is 6.67. The minimum atomic E-state index is -0.979. The Bertz CT molecular complexity index is 1330. The summed E-state index contributed by atoms with van der Waals surface area (Å²) in [6.07, 6.45) is 0.577. The third kappa shape index (κ3) is 8.89. The molecule has 3 aromatic carbocycles. The lowest BCUT2D eigenvalue weighted by molar-refractivity contribution is -0.245. The molecule has 10 heteroatoms. The van der Waals surface area contributed by atoms with Crippen molar-refractivity contribution in [2.45, 2.75) is 62.1 Å². The molecular weight excluding hydrogens is 546 g/mol. The molecule has 0 saturated carbocycles. The lowest BCUT2D eigenvalue weighted by atomic mass is 10.0. The fourth-order valence-corrected chi connectivity index (χ4v) is 5.55. The molecule has 3 unspecified atom stereocenters. The lowest BCUT2D eigenvalue weighted by Gasteiger charge is -2.36. The number of aromatic carboxylic acids is 1. The van der Waals surface area contributed by atoms with Crippen molar-refractivity contribution in [1.29, 1.82) is 0 Å². The van der Waals surface area contributed by atoms with Crippen LogP contribution in [0, 0.1) is 0 Å². The predicted molar refractivity (Wildman–Crippen MR) is 154 cm³/mol. The molecule has 3 aromatic rings. The fourth-order valence-electron chi connectivity index (χ4n) is 4.48. The molecule has 0 spiro atoms. The van der Waals surface area contributed by atoms with Gasteiger partial charge in [-0.2, -0.15) is 0 Å². The number of hydrogen-bond donors (Lipinski definition) is 4. The van der Waals surface area contributed by atoms with Crippen LogP contribution in [0.2, 0.25) is 0 Å². The molecule has 1 heterocycles. The number of carbonyl (C=O) groups is 3. The van der Waals surface area contributed by atoms with Gasteiger partial charge in [-0.3, -0.25) is 9.59 Å². The van der Waals surface area contributed by atoms with Gasteiger partial charge in [0, 0.05) is 41.2 Å². The zero-order valence-corrected chi connectivity index (χ0v) is 23.2. The molecule has 0 radical (unpaired) electrons. The Morgan fingerprint density at radius 2 is 1.54 bits per heavy atom. The Morgan fingerprint density at radius 3 is 2.22 bits per heavy atom. The van der Waals surface area contributed by atoms with Gasteiger partial charge in [-0.05, 0) is 48.2 Å². The first-order valence-electron chi connectivity index (χ1n) is 13.4. The van der Waals surface area contributed by atoms with E-state index in [1.807, 2.05) is 42.5 Å². The minimum absolute atomic E-state index is 0.0432. The summed E-state index contributed by atoms with van der Waals surface area (Å²) < 4.78 is 12.7. The van der Waals surface area contributed by atoms with Crippen LogP contribution >= 0.6 is 11.8 Å². The summed E-state index contributed by atoms with van der Waals surface area (Å²) in [5.74, 6) is -1.51. The normalized spacial score (nSPS) is 18.5. The van der Waals surface area contributed by atoms with E-state index in [9.17, 15) is 24.6 Å². The van der Waals surface area contributed by atoms with Crippen LogP contribution in [0.1, 0.15) is 71.5 Å². The second-order valence-electron chi connectivity index (χ2n) is 9.73. The van der Waals surface area contributed by atoms with Crippen molar-refractivity contribution in [1.82, 2.24) is 0 Å². The molecule has 1 aliphatic rings. The highest BCUT2D eigenvalue weighted by atomic mass is 32.2. The van der Waals surface area contributed by atoms with E-state index in [1.54, 1.807) is 30.3 Å². The van der Waals surface area contributed by atoms with E-state index in [-0.39, 0.29) is 43.1 Å². The number of carbonyl (C=O) groups excluding carboxylic acids is 1. The Morgan fingerprint density at radius 1 is 0.854 bits per heavy atom. The van der Waals surface area contributed by atoms with E-state index >= 15 is 0 Å². The van der Waals surface area contributed by atoms with Crippen molar-refractivity contribution in [2.75, 3.05) is 11.1 Å². The van der Waals surface area contributed by atoms with Crippen molar-refractivity contribution in [3.05, 3.63) is 95.1 Å². The van der Waals surface area contributed by atoms with Crippen LogP contribution in [0.5, 0.6) is 0 Å². The van der Waals surface area contributed by atoms with Crippen molar-refractivity contribution >= 4 is 35.3 Å². The van der Waals surface area contributed by atoms with E-state index in [1.165, 1.54) is 11.8 Å². The van der Waals surface area contributed by atoms with Gasteiger partial charge in [-0.15, -0.1) is 11.8 Å². The maximum atomic E-state index is 12.2. The summed E-state index contributed by atoms with van der Waals surface area (Å²) in [7, 11) is 0. The molecule has 41 heavy (non-hydrogen) atoms. The first kappa shape index (κ1) is 30.3. The highest BCUT2D eigenvalue weighted by Crippen LogP contribution is 2.40. The SMILES string of the molecule is O=C(O)CCCCC(=O)Nc1ccc(C2OC(CSc3ccccc3C(=O)O)CC(c3ccc(CO)cc3)O2)cc1. The number of anilines is 1. The summed E-state index contributed by atoms with van der Waals surface area (Å²) in [4.78, 5) is 35.2. The number of amides is 1. The van der Waals surface area contributed by atoms with Crippen LogP contribution < -0.4 is 5.32 Å².